The van der Waals surface area contributed by atoms with E-state index in [1.807, 2.05) is 0 Å². The quantitative estimate of drug-likeness (QED) is 0.0746. The maximum atomic E-state index is 12.0. The highest BCUT2D eigenvalue weighted by molar-refractivity contribution is 7.86. The van der Waals surface area contributed by atoms with Crippen LogP contribution in [-0.4, -0.2) is 94.3 Å². The van der Waals surface area contributed by atoms with Crippen LogP contribution in [0.5, 0.6) is 0 Å². The van der Waals surface area contributed by atoms with E-state index in [1.54, 1.807) is 18.2 Å². The third-order valence-corrected chi connectivity index (χ3v) is 7.58. The van der Waals surface area contributed by atoms with Crippen LogP contribution in [0.4, 0.5) is 0 Å². The molecule has 0 fully saturated rings. The Morgan fingerprint density at radius 2 is 0.780 bits per heavy atom. The van der Waals surface area contributed by atoms with Crippen molar-refractivity contribution in [1.29, 1.82) is 0 Å². The van der Waals surface area contributed by atoms with Gasteiger partial charge in [0.1, 0.15) is 0 Å². The number of hydrogen-bond acceptors (Lipinski definition) is 9. The molecule has 240 valence electrons. The standard InChI is InChI=1S/C31H56O9S/c1-2-3-4-5-6-7-8-9-10-11-15-18-34-19-20-35-21-22-36-23-24-37-25-26-38-27-28-39-29-30-40-41(32,33)31-16-13-12-14-17-31/h12-14,16-17H,2-11,15,18-30H2,1H3. The molecular weight excluding hydrogens is 548 g/mol. The molecule has 1 aromatic rings. The first-order valence-corrected chi connectivity index (χ1v) is 17.0. The molecule has 0 amide bonds. The van der Waals surface area contributed by atoms with E-state index in [4.69, 9.17) is 32.6 Å². The number of ether oxygens (including phenoxy) is 6. The first-order valence-electron chi connectivity index (χ1n) is 15.6. The predicted molar refractivity (Wildman–Crippen MR) is 161 cm³/mol. The van der Waals surface area contributed by atoms with Gasteiger partial charge < -0.3 is 28.4 Å². The zero-order chi connectivity index (χ0) is 29.5. The molecule has 0 spiro atoms. The van der Waals surface area contributed by atoms with Crippen molar-refractivity contribution >= 4 is 10.1 Å². The van der Waals surface area contributed by atoms with Crippen LogP contribution in [0, 0.1) is 0 Å². The first-order chi connectivity index (χ1) is 20.2. The van der Waals surface area contributed by atoms with Crippen molar-refractivity contribution < 1.29 is 41.0 Å². The molecule has 0 N–H and O–H groups in total. The van der Waals surface area contributed by atoms with Gasteiger partial charge in [-0.25, -0.2) is 0 Å². The highest BCUT2D eigenvalue weighted by atomic mass is 32.2. The monoisotopic (exact) mass is 604 g/mol. The third-order valence-electron chi connectivity index (χ3n) is 6.25. The minimum atomic E-state index is -3.74. The van der Waals surface area contributed by atoms with E-state index < -0.39 is 10.1 Å². The number of hydrogen-bond donors (Lipinski definition) is 0. The highest BCUT2D eigenvalue weighted by Gasteiger charge is 2.13. The van der Waals surface area contributed by atoms with Gasteiger partial charge in [-0.15, -0.1) is 0 Å². The van der Waals surface area contributed by atoms with Crippen LogP contribution in [0.2, 0.25) is 0 Å². The van der Waals surface area contributed by atoms with E-state index in [9.17, 15) is 8.42 Å². The van der Waals surface area contributed by atoms with Crippen LogP contribution in [0.3, 0.4) is 0 Å². The predicted octanol–water partition coefficient (Wildman–Crippen LogP) is 5.80. The Hall–Kier alpha value is -1.11. The van der Waals surface area contributed by atoms with Crippen molar-refractivity contribution in [3.05, 3.63) is 30.3 Å². The number of rotatable bonds is 32. The third kappa shape index (κ3) is 25.1. The summed E-state index contributed by atoms with van der Waals surface area (Å²) >= 11 is 0. The zero-order valence-electron chi connectivity index (χ0n) is 25.4. The molecule has 9 nitrogen and oxygen atoms in total. The Kier molecular flexibility index (Phi) is 26.8. The van der Waals surface area contributed by atoms with Gasteiger partial charge in [-0.2, -0.15) is 8.42 Å². The second-order valence-corrected chi connectivity index (χ2v) is 11.4. The molecule has 0 aliphatic heterocycles. The van der Waals surface area contributed by atoms with Gasteiger partial charge in [0.15, 0.2) is 0 Å². The van der Waals surface area contributed by atoms with E-state index >= 15 is 0 Å². The maximum Gasteiger partial charge on any atom is 0.297 e. The Labute approximate surface area is 249 Å². The van der Waals surface area contributed by atoms with Crippen molar-refractivity contribution in [3.8, 4) is 0 Å². The summed E-state index contributed by atoms with van der Waals surface area (Å²) in [6.45, 7) is 8.19. The minimum Gasteiger partial charge on any atom is -0.379 e. The SMILES string of the molecule is CCCCCCCCCCCCCOCCOCCOCCOCCOCCOCCOS(=O)(=O)c1ccccc1. The van der Waals surface area contributed by atoms with Crippen molar-refractivity contribution in [2.24, 2.45) is 0 Å². The van der Waals surface area contributed by atoms with Gasteiger partial charge in [-0.05, 0) is 18.6 Å². The van der Waals surface area contributed by atoms with E-state index in [1.165, 1.54) is 76.3 Å². The summed E-state index contributed by atoms with van der Waals surface area (Å²) in [5.74, 6) is 0. The van der Waals surface area contributed by atoms with Crippen molar-refractivity contribution in [2.75, 3.05) is 85.9 Å². The van der Waals surface area contributed by atoms with Crippen LogP contribution in [-0.2, 0) is 42.7 Å². The summed E-state index contributed by atoms with van der Waals surface area (Å²) in [6.07, 6.45) is 14.8. The molecule has 0 saturated heterocycles. The topological polar surface area (TPSA) is 98.8 Å². The van der Waals surface area contributed by atoms with E-state index in [0.29, 0.717) is 66.1 Å². The van der Waals surface area contributed by atoms with Gasteiger partial charge in [0, 0.05) is 6.61 Å². The molecule has 0 aromatic heterocycles. The van der Waals surface area contributed by atoms with Crippen LogP contribution < -0.4 is 0 Å². The Balaban J connectivity index is 1.68. The molecule has 1 aromatic carbocycles. The van der Waals surface area contributed by atoms with Gasteiger partial charge in [0.25, 0.3) is 10.1 Å². The summed E-state index contributed by atoms with van der Waals surface area (Å²) in [6, 6.07) is 8.02. The Bertz CT molecular complexity index is 762. The van der Waals surface area contributed by atoms with E-state index in [0.717, 1.165) is 13.0 Å². The second kappa shape index (κ2) is 29.0. The molecule has 0 aliphatic rings. The average Bonchev–Trinajstić information content (AvgIpc) is 2.98. The van der Waals surface area contributed by atoms with Crippen molar-refractivity contribution in [2.45, 2.75) is 82.4 Å². The van der Waals surface area contributed by atoms with Crippen LogP contribution in [0.15, 0.2) is 35.2 Å². The van der Waals surface area contributed by atoms with Gasteiger partial charge in [-0.3, -0.25) is 4.18 Å². The maximum absolute atomic E-state index is 12.0. The Morgan fingerprint density at radius 3 is 1.20 bits per heavy atom. The van der Waals surface area contributed by atoms with Gasteiger partial charge in [0.05, 0.1) is 84.2 Å². The fourth-order valence-electron chi connectivity index (χ4n) is 3.93. The largest absolute Gasteiger partial charge is 0.379 e. The fourth-order valence-corrected chi connectivity index (χ4v) is 4.84. The average molecular weight is 605 g/mol. The smallest absolute Gasteiger partial charge is 0.297 e. The molecule has 0 atom stereocenters. The lowest BCUT2D eigenvalue weighted by molar-refractivity contribution is -0.0178. The van der Waals surface area contributed by atoms with E-state index in [-0.39, 0.29) is 18.1 Å². The lowest BCUT2D eigenvalue weighted by Crippen LogP contribution is -2.15. The molecule has 0 aliphatic carbocycles. The van der Waals surface area contributed by atoms with Crippen molar-refractivity contribution in [1.82, 2.24) is 0 Å². The number of benzene rings is 1. The summed E-state index contributed by atoms with van der Waals surface area (Å²) < 4.78 is 61.7. The molecule has 10 heteroatoms. The molecular formula is C31H56O9S. The lowest BCUT2D eigenvalue weighted by Gasteiger charge is -2.08. The summed E-state index contributed by atoms with van der Waals surface area (Å²) in [7, 11) is -3.74. The van der Waals surface area contributed by atoms with Crippen LogP contribution >= 0.6 is 0 Å². The zero-order valence-corrected chi connectivity index (χ0v) is 26.3. The van der Waals surface area contributed by atoms with E-state index in [2.05, 4.69) is 6.92 Å². The van der Waals surface area contributed by atoms with Gasteiger partial charge in [-0.1, -0.05) is 89.3 Å². The molecule has 0 saturated carbocycles. The molecule has 0 unspecified atom stereocenters. The van der Waals surface area contributed by atoms with Gasteiger partial charge >= 0.3 is 0 Å². The van der Waals surface area contributed by atoms with Gasteiger partial charge in [0.2, 0.25) is 0 Å². The Morgan fingerprint density at radius 1 is 0.439 bits per heavy atom. The van der Waals surface area contributed by atoms with Crippen molar-refractivity contribution in [3.63, 3.8) is 0 Å². The first kappa shape index (κ1) is 37.9. The molecule has 0 heterocycles. The fraction of sp³-hybridized carbons (Fsp3) is 0.806. The second-order valence-electron chi connectivity index (χ2n) is 9.80. The molecule has 41 heavy (non-hydrogen) atoms. The number of unbranched alkanes of at least 4 members (excludes halogenated alkanes) is 10. The summed E-state index contributed by atoms with van der Waals surface area (Å²) in [5.41, 5.74) is 0. The normalized spacial score (nSPS) is 11.8. The molecule has 0 radical (unpaired) electrons. The molecule has 1 rings (SSSR count). The molecule has 0 bridgehead atoms. The lowest BCUT2D eigenvalue weighted by atomic mass is 10.1. The van der Waals surface area contributed by atoms with Crippen LogP contribution in [0.25, 0.3) is 0 Å². The van der Waals surface area contributed by atoms with Crippen LogP contribution in [0.1, 0.15) is 77.6 Å². The minimum absolute atomic E-state index is 0.0430. The summed E-state index contributed by atoms with van der Waals surface area (Å²) in [5, 5.41) is 0. The highest BCUT2D eigenvalue weighted by Crippen LogP contribution is 2.12. The summed E-state index contributed by atoms with van der Waals surface area (Å²) in [4.78, 5) is 0.132.